The van der Waals surface area contributed by atoms with Crippen molar-refractivity contribution in [2.24, 2.45) is 0 Å². The lowest BCUT2D eigenvalue weighted by Crippen LogP contribution is -2.11. The van der Waals surface area contributed by atoms with Gasteiger partial charge in [-0.2, -0.15) is 5.10 Å². The molecule has 34 heavy (non-hydrogen) atoms. The zero-order valence-corrected chi connectivity index (χ0v) is 18.7. The van der Waals surface area contributed by atoms with Gasteiger partial charge in [0.25, 0.3) is 0 Å². The van der Waals surface area contributed by atoms with Crippen LogP contribution in [0.1, 0.15) is 18.2 Å². The highest BCUT2D eigenvalue weighted by atomic mass is 15.2. The molecule has 0 unspecified atom stereocenters. The van der Waals surface area contributed by atoms with Crippen LogP contribution >= 0.6 is 0 Å². The third-order valence-corrected chi connectivity index (χ3v) is 5.70. The highest BCUT2D eigenvalue weighted by Gasteiger charge is 2.17. The van der Waals surface area contributed by atoms with Crippen LogP contribution in [0.25, 0.3) is 50.5 Å². The summed E-state index contributed by atoms with van der Waals surface area (Å²) in [5.74, 6) is 0.634. The molecule has 0 saturated heterocycles. The highest BCUT2D eigenvalue weighted by molar-refractivity contribution is 5.95. The van der Waals surface area contributed by atoms with Crippen molar-refractivity contribution in [2.75, 3.05) is 6.54 Å². The van der Waals surface area contributed by atoms with Gasteiger partial charge in [0, 0.05) is 42.3 Å². The first-order valence-corrected chi connectivity index (χ1v) is 11.0. The van der Waals surface area contributed by atoms with Crippen molar-refractivity contribution in [1.29, 1.82) is 0 Å². The molecule has 6 aromatic heterocycles. The summed E-state index contributed by atoms with van der Waals surface area (Å²) in [6, 6.07) is 6.06. The van der Waals surface area contributed by atoms with Crippen LogP contribution in [-0.4, -0.2) is 51.2 Å². The fourth-order valence-corrected chi connectivity index (χ4v) is 4.03. The number of nitrogens with one attached hydrogen (secondary N) is 3. The maximum absolute atomic E-state index is 4.72. The molecule has 0 saturated carbocycles. The summed E-state index contributed by atoms with van der Waals surface area (Å²) in [6.45, 7) is 5.71. The van der Waals surface area contributed by atoms with Crippen molar-refractivity contribution in [2.45, 2.75) is 20.4 Å². The summed E-state index contributed by atoms with van der Waals surface area (Å²) in [6.07, 6.45) is 11.0. The average molecular weight is 451 g/mol. The molecule has 0 spiro atoms. The number of aromatic nitrogens is 9. The zero-order valence-electron chi connectivity index (χ0n) is 18.7. The third-order valence-electron chi connectivity index (χ3n) is 5.70. The van der Waals surface area contributed by atoms with Crippen molar-refractivity contribution in [3.8, 4) is 28.5 Å². The predicted molar refractivity (Wildman–Crippen MR) is 129 cm³/mol. The standard InChI is InChI=1S/C24H22N10/c1-3-25-8-15-6-16(10-26-9-15)18-7-17-19(11-28-18)32-33-21(17)24-30-22-20(4-5-27-23(22)31-24)34-12-14(2)29-13-34/h4-7,9-13,25H,3,8H2,1-2H3,(H,32,33)(H,27,30,31). The molecular weight excluding hydrogens is 428 g/mol. The summed E-state index contributed by atoms with van der Waals surface area (Å²) in [7, 11) is 0. The maximum atomic E-state index is 4.72. The van der Waals surface area contributed by atoms with E-state index in [4.69, 9.17) is 4.98 Å². The van der Waals surface area contributed by atoms with Gasteiger partial charge in [-0.15, -0.1) is 0 Å². The van der Waals surface area contributed by atoms with Gasteiger partial charge in [-0.05, 0) is 37.2 Å². The van der Waals surface area contributed by atoms with E-state index < -0.39 is 0 Å². The second kappa shape index (κ2) is 8.16. The van der Waals surface area contributed by atoms with Crippen LogP contribution in [0.2, 0.25) is 0 Å². The highest BCUT2D eigenvalue weighted by Crippen LogP contribution is 2.30. The molecule has 0 radical (unpaired) electrons. The molecule has 0 amide bonds. The molecule has 0 aliphatic carbocycles. The summed E-state index contributed by atoms with van der Waals surface area (Å²) in [4.78, 5) is 25.9. The van der Waals surface area contributed by atoms with Gasteiger partial charge in [-0.1, -0.05) is 6.92 Å². The molecule has 0 bridgehead atoms. The molecular formula is C24H22N10. The molecule has 10 heteroatoms. The van der Waals surface area contributed by atoms with Crippen molar-refractivity contribution in [3.05, 3.63) is 66.8 Å². The normalized spacial score (nSPS) is 11.6. The van der Waals surface area contributed by atoms with Gasteiger partial charge in [0.15, 0.2) is 11.5 Å². The van der Waals surface area contributed by atoms with E-state index >= 15 is 0 Å². The Balaban J connectivity index is 1.44. The first-order valence-electron chi connectivity index (χ1n) is 11.0. The summed E-state index contributed by atoms with van der Waals surface area (Å²) < 4.78 is 1.96. The van der Waals surface area contributed by atoms with Crippen LogP contribution < -0.4 is 5.32 Å². The lowest BCUT2D eigenvalue weighted by atomic mass is 10.1. The topological polar surface area (TPSA) is 126 Å². The van der Waals surface area contributed by atoms with Crippen molar-refractivity contribution >= 4 is 22.1 Å². The van der Waals surface area contributed by atoms with Crippen LogP contribution in [0, 0.1) is 6.92 Å². The van der Waals surface area contributed by atoms with Crippen molar-refractivity contribution < 1.29 is 0 Å². The minimum atomic E-state index is 0.615. The largest absolute Gasteiger partial charge is 0.333 e. The fourth-order valence-electron chi connectivity index (χ4n) is 4.03. The van der Waals surface area contributed by atoms with Gasteiger partial charge in [0.1, 0.15) is 11.2 Å². The van der Waals surface area contributed by atoms with E-state index in [1.807, 2.05) is 42.2 Å². The van der Waals surface area contributed by atoms with Gasteiger partial charge in [0.2, 0.25) is 0 Å². The molecule has 0 fully saturated rings. The number of aromatic amines is 2. The van der Waals surface area contributed by atoms with Gasteiger partial charge in [0.05, 0.1) is 35.1 Å². The Kier molecular flexibility index (Phi) is 4.84. The van der Waals surface area contributed by atoms with E-state index in [2.05, 4.69) is 53.4 Å². The van der Waals surface area contributed by atoms with E-state index in [9.17, 15) is 0 Å². The molecule has 0 aliphatic rings. The van der Waals surface area contributed by atoms with Crippen LogP contribution in [0.15, 0.2) is 55.5 Å². The average Bonchev–Trinajstić information content (AvgIpc) is 3.59. The fraction of sp³-hybridized carbons (Fsp3) is 0.167. The van der Waals surface area contributed by atoms with Crippen LogP contribution in [0.4, 0.5) is 0 Å². The van der Waals surface area contributed by atoms with E-state index in [1.165, 1.54) is 0 Å². The van der Waals surface area contributed by atoms with E-state index in [-0.39, 0.29) is 0 Å². The maximum Gasteiger partial charge on any atom is 0.180 e. The van der Waals surface area contributed by atoms with E-state index in [0.29, 0.717) is 17.2 Å². The van der Waals surface area contributed by atoms with Gasteiger partial charge < -0.3 is 14.9 Å². The van der Waals surface area contributed by atoms with Gasteiger partial charge >= 0.3 is 0 Å². The number of hydrogen-bond donors (Lipinski definition) is 3. The van der Waals surface area contributed by atoms with E-state index in [1.54, 1.807) is 18.7 Å². The van der Waals surface area contributed by atoms with Crippen LogP contribution in [0.5, 0.6) is 0 Å². The molecule has 168 valence electrons. The SMILES string of the molecule is CCNCc1cncc(-c2cc3c(-c4nc5nccc(-n6cnc(C)c6)c5[nH]4)n[nH]c3cn2)c1. The zero-order chi connectivity index (χ0) is 23.1. The Morgan fingerprint density at radius 2 is 2.03 bits per heavy atom. The number of H-pyrrole nitrogens is 2. The third kappa shape index (κ3) is 3.50. The summed E-state index contributed by atoms with van der Waals surface area (Å²) in [5, 5.41) is 11.8. The number of fused-ring (bicyclic) bond motifs is 2. The Bertz CT molecular complexity index is 1620. The Morgan fingerprint density at radius 3 is 2.88 bits per heavy atom. The molecule has 0 aromatic carbocycles. The Morgan fingerprint density at radius 1 is 1.09 bits per heavy atom. The van der Waals surface area contributed by atoms with Crippen LogP contribution in [-0.2, 0) is 6.54 Å². The second-order valence-corrected chi connectivity index (χ2v) is 8.09. The second-order valence-electron chi connectivity index (χ2n) is 8.09. The van der Waals surface area contributed by atoms with Crippen molar-refractivity contribution in [1.82, 2.24) is 50.0 Å². The number of hydrogen-bond acceptors (Lipinski definition) is 7. The molecule has 10 nitrogen and oxygen atoms in total. The quantitative estimate of drug-likeness (QED) is 0.354. The smallest absolute Gasteiger partial charge is 0.180 e. The number of nitrogens with zero attached hydrogens (tertiary/aromatic N) is 7. The minimum Gasteiger partial charge on any atom is -0.333 e. The lowest BCUT2D eigenvalue weighted by molar-refractivity contribution is 0.724. The van der Waals surface area contributed by atoms with Crippen LogP contribution in [0.3, 0.4) is 0 Å². The summed E-state index contributed by atoms with van der Waals surface area (Å²) in [5.41, 5.74) is 7.72. The van der Waals surface area contributed by atoms with E-state index in [0.717, 1.165) is 57.7 Å². The number of pyridine rings is 3. The molecule has 0 aliphatic heterocycles. The number of aryl methyl sites for hydroxylation is 1. The Labute approximate surface area is 194 Å². The molecule has 6 aromatic rings. The number of imidazole rings is 2. The van der Waals surface area contributed by atoms with Gasteiger partial charge in [-0.25, -0.2) is 15.0 Å². The van der Waals surface area contributed by atoms with Crippen molar-refractivity contribution in [3.63, 3.8) is 0 Å². The lowest BCUT2D eigenvalue weighted by Gasteiger charge is -2.05. The number of rotatable bonds is 6. The predicted octanol–water partition coefficient (Wildman–Crippen LogP) is 3.56. The minimum absolute atomic E-state index is 0.615. The molecule has 6 heterocycles. The Hall–Kier alpha value is -4.44. The molecule has 0 atom stereocenters. The monoisotopic (exact) mass is 450 g/mol. The molecule has 6 rings (SSSR count). The molecule has 3 N–H and O–H groups in total. The van der Waals surface area contributed by atoms with Gasteiger partial charge in [-0.3, -0.25) is 15.1 Å². The first-order chi connectivity index (χ1) is 16.7. The summed E-state index contributed by atoms with van der Waals surface area (Å²) >= 11 is 0. The first kappa shape index (κ1) is 20.2.